The number of hydrogen-bond donors (Lipinski definition) is 1. The molecule has 0 bridgehead atoms. The van der Waals surface area contributed by atoms with E-state index in [0.717, 1.165) is 63.8 Å². The predicted molar refractivity (Wildman–Crippen MR) is 158 cm³/mol. The summed E-state index contributed by atoms with van der Waals surface area (Å²) in [5.74, 6) is 0.410. The number of carbonyl (C=O) groups excluding carboxylic acids is 2. The van der Waals surface area contributed by atoms with Crippen LogP contribution < -0.4 is 5.32 Å². The molecule has 0 aromatic heterocycles. The third-order valence-corrected chi connectivity index (χ3v) is 8.42. The predicted octanol–water partition coefficient (Wildman–Crippen LogP) is 7.18. The molecule has 2 aromatic carbocycles. The maximum atomic E-state index is 12.5. The standard InChI is InChI=1S/C31H43Cl2N3O2/c1-3-4-5-9-19-36(24(2)37)28-16-21-35(22-17-28)20-15-25(27-12-13-29(32)30(33)23-27)14-18-34-31(38)26-10-7-6-8-11-26/h6-8,10-13,23,25,28H,3-5,9,14-22H2,1-2H3,(H,34,38). The van der Waals surface area contributed by atoms with Crippen LogP contribution in [-0.4, -0.2) is 60.4 Å². The number of piperidine rings is 1. The lowest BCUT2D eigenvalue weighted by molar-refractivity contribution is -0.132. The fraction of sp³-hybridized carbons (Fsp3) is 0.548. The highest BCUT2D eigenvalue weighted by Crippen LogP contribution is 2.30. The number of halogens is 2. The summed E-state index contributed by atoms with van der Waals surface area (Å²) < 4.78 is 0. The molecule has 1 fully saturated rings. The molecule has 2 amide bonds. The monoisotopic (exact) mass is 559 g/mol. The smallest absolute Gasteiger partial charge is 0.251 e. The first-order chi connectivity index (χ1) is 18.4. The van der Waals surface area contributed by atoms with E-state index in [4.69, 9.17) is 23.2 Å². The molecule has 1 unspecified atom stereocenters. The SMILES string of the molecule is CCCCCCN(C(C)=O)C1CCN(CCC(CCNC(=O)c2ccccc2)c2ccc(Cl)c(Cl)c2)CC1. The zero-order valence-corrected chi connectivity index (χ0v) is 24.4. The van der Waals surface area contributed by atoms with Gasteiger partial charge in [0.1, 0.15) is 0 Å². The molecule has 208 valence electrons. The first-order valence-corrected chi connectivity index (χ1v) is 14.9. The lowest BCUT2D eigenvalue weighted by atomic mass is 9.91. The largest absolute Gasteiger partial charge is 0.352 e. The van der Waals surface area contributed by atoms with Crippen molar-refractivity contribution < 1.29 is 9.59 Å². The molecule has 0 aliphatic carbocycles. The van der Waals surface area contributed by atoms with Crippen LogP contribution in [0.2, 0.25) is 10.0 Å². The molecule has 3 rings (SSSR count). The highest BCUT2D eigenvalue weighted by molar-refractivity contribution is 6.42. The van der Waals surface area contributed by atoms with E-state index in [0.29, 0.717) is 28.2 Å². The van der Waals surface area contributed by atoms with Crippen LogP contribution in [0.25, 0.3) is 0 Å². The molecule has 1 aliphatic heterocycles. The molecule has 38 heavy (non-hydrogen) atoms. The van der Waals surface area contributed by atoms with E-state index < -0.39 is 0 Å². The van der Waals surface area contributed by atoms with Crippen molar-refractivity contribution in [1.29, 1.82) is 0 Å². The Morgan fingerprint density at radius 3 is 2.39 bits per heavy atom. The third-order valence-electron chi connectivity index (χ3n) is 7.68. The van der Waals surface area contributed by atoms with E-state index in [1.807, 2.05) is 48.5 Å². The van der Waals surface area contributed by atoms with Crippen LogP contribution >= 0.6 is 23.2 Å². The van der Waals surface area contributed by atoms with Gasteiger partial charge in [-0.05, 0) is 74.4 Å². The number of carbonyl (C=O) groups is 2. The fourth-order valence-corrected chi connectivity index (χ4v) is 5.70. The van der Waals surface area contributed by atoms with Crippen LogP contribution in [-0.2, 0) is 4.79 Å². The van der Waals surface area contributed by atoms with Crippen LogP contribution in [0.4, 0.5) is 0 Å². The summed E-state index contributed by atoms with van der Waals surface area (Å²) in [4.78, 5) is 29.5. The summed E-state index contributed by atoms with van der Waals surface area (Å²) in [6.07, 6.45) is 8.58. The Kier molecular flexibility index (Phi) is 12.9. The van der Waals surface area contributed by atoms with Crippen molar-refractivity contribution in [3.63, 3.8) is 0 Å². The second-order valence-electron chi connectivity index (χ2n) is 10.4. The summed E-state index contributed by atoms with van der Waals surface area (Å²) in [6, 6.07) is 15.5. The molecule has 1 atom stereocenters. The maximum absolute atomic E-state index is 12.5. The molecule has 0 radical (unpaired) electrons. The fourth-order valence-electron chi connectivity index (χ4n) is 5.39. The third kappa shape index (κ3) is 9.59. The molecular weight excluding hydrogens is 517 g/mol. The summed E-state index contributed by atoms with van der Waals surface area (Å²) in [5.41, 5.74) is 1.82. The molecule has 2 aromatic rings. The van der Waals surface area contributed by atoms with Gasteiger partial charge in [-0.1, -0.05) is 73.7 Å². The van der Waals surface area contributed by atoms with E-state index in [1.165, 1.54) is 19.3 Å². The Morgan fingerprint density at radius 1 is 1.00 bits per heavy atom. The average Bonchev–Trinajstić information content (AvgIpc) is 2.93. The molecule has 1 N–H and O–H groups in total. The topological polar surface area (TPSA) is 52.7 Å². The summed E-state index contributed by atoms with van der Waals surface area (Å²) in [5, 5.41) is 4.18. The Bertz CT molecular complexity index is 1010. The number of nitrogens with one attached hydrogen (secondary N) is 1. The van der Waals surface area contributed by atoms with Crippen molar-refractivity contribution >= 4 is 35.0 Å². The van der Waals surface area contributed by atoms with Gasteiger partial charge in [0, 0.05) is 44.7 Å². The lowest BCUT2D eigenvalue weighted by Gasteiger charge is -2.38. The van der Waals surface area contributed by atoms with Crippen molar-refractivity contribution in [3.05, 3.63) is 69.7 Å². The van der Waals surface area contributed by atoms with Gasteiger partial charge in [0.15, 0.2) is 0 Å². The number of unbranched alkanes of at least 4 members (excludes halogenated alkanes) is 3. The zero-order valence-electron chi connectivity index (χ0n) is 22.9. The zero-order chi connectivity index (χ0) is 27.3. The van der Waals surface area contributed by atoms with Gasteiger partial charge in [0.05, 0.1) is 10.0 Å². The summed E-state index contributed by atoms with van der Waals surface area (Å²) in [7, 11) is 0. The highest BCUT2D eigenvalue weighted by atomic mass is 35.5. The van der Waals surface area contributed by atoms with E-state index >= 15 is 0 Å². The Morgan fingerprint density at radius 2 is 1.74 bits per heavy atom. The molecule has 0 saturated carbocycles. The van der Waals surface area contributed by atoms with Crippen LogP contribution in [0.5, 0.6) is 0 Å². The van der Waals surface area contributed by atoms with Crippen molar-refractivity contribution in [2.45, 2.75) is 77.2 Å². The van der Waals surface area contributed by atoms with Gasteiger partial charge >= 0.3 is 0 Å². The lowest BCUT2D eigenvalue weighted by Crippen LogP contribution is -2.47. The summed E-state index contributed by atoms with van der Waals surface area (Å²) in [6.45, 7) is 8.38. The van der Waals surface area contributed by atoms with E-state index in [1.54, 1.807) is 6.92 Å². The molecule has 0 spiro atoms. The van der Waals surface area contributed by atoms with Gasteiger partial charge in [0.2, 0.25) is 5.91 Å². The molecule has 1 heterocycles. The Hall–Kier alpha value is -2.08. The minimum absolute atomic E-state index is 0.0507. The average molecular weight is 561 g/mol. The van der Waals surface area contributed by atoms with Crippen LogP contribution in [0.3, 0.4) is 0 Å². The van der Waals surface area contributed by atoms with E-state index in [9.17, 15) is 9.59 Å². The van der Waals surface area contributed by atoms with Gasteiger partial charge in [-0.25, -0.2) is 0 Å². The molecule has 1 saturated heterocycles. The van der Waals surface area contributed by atoms with Crippen LogP contribution in [0.15, 0.2) is 48.5 Å². The minimum Gasteiger partial charge on any atom is -0.352 e. The first kappa shape index (κ1) is 30.5. The number of benzene rings is 2. The Balaban J connectivity index is 1.53. The van der Waals surface area contributed by atoms with Crippen molar-refractivity contribution in [3.8, 4) is 0 Å². The van der Waals surface area contributed by atoms with Gasteiger partial charge in [-0.3, -0.25) is 9.59 Å². The quantitative estimate of drug-likeness (QED) is 0.249. The number of amides is 2. The second kappa shape index (κ2) is 16.1. The number of hydrogen-bond acceptors (Lipinski definition) is 3. The Labute approximate surface area is 238 Å². The minimum atomic E-state index is -0.0507. The van der Waals surface area contributed by atoms with Gasteiger partial charge in [0.25, 0.3) is 5.91 Å². The number of nitrogens with zero attached hydrogens (tertiary/aromatic N) is 2. The van der Waals surface area contributed by atoms with Gasteiger partial charge in [-0.15, -0.1) is 0 Å². The van der Waals surface area contributed by atoms with Crippen LogP contribution in [0, 0.1) is 0 Å². The number of likely N-dealkylation sites (tertiary alicyclic amines) is 1. The first-order valence-electron chi connectivity index (χ1n) is 14.2. The molecule has 1 aliphatic rings. The molecule has 5 nitrogen and oxygen atoms in total. The van der Waals surface area contributed by atoms with Crippen molar-refractivity contribution in [1.82, 2.24) is 15.1 Å². The van der Waals surface area contributed by atoms with E-state index in [2.05, 4.69) is 22.0 Å². The molecular formula is C31H43Cl2N3O2. The van der Waals surface area contributed by atoms with Gasteiger partial charge in [-0.2, -0.15) is 0 Å². The van der Waals surface area contributed by atoms with Gasteiger partial charge < -0.3 is 15.1 Å². The van der Waals surface area contributed by atoms with Crippen molar-refractivity contribution in [2.24, 2.45) is 0 Å². The highest BCUT2D eigenvalue weighted by Gasteiger charge is 2.26. The second-order valence-corrected chi connectivity index (χ2v) is 11.2. The van der Waals surface area contributed by atoms with E-state index in [-0.39, 0.29) is 17.7 Å². The van der Waals surface area contributed by atoms with Crippen molar-refractivity contribution in [2.75, 3.05) is 32.7 Å². The number of rotatable bonds is 14. The summed E-state index contributed by atoms with van der Waals surface area (Å²) >= 11 is 12.5. The normalized spacial score (nSPS) is 15.3. The van der Waals surface area contributed by atoms with Crippen LogP contribution in [0.1, 0.15) is 87.1 Å². The molecule has 7 heteroatoms. The maximum Gasteiger partial charge on any atom is 0.251 e.